The minimum absolute atomic E-state index is 0.0426. The molecule has 1 saturated heterocycles. The van der Waals surface area contributed by atoms with Crippen LogP contribution in [0.15, 0.2) is 52.6 Å². The van der Waals surface area contributed by atoms with Crippen LogP contribution in [0.25, 0.3) is 10.9 Å². The summed E-state index contributed by atoms with van der Waals surface area (Å²) in [6.07, 6.45) is 5.14. The molecule has 0 radical (unpaired) electrons. The van der Waals surface area contributed by atoms with Crippen molar-refractivity contribution < 1.29 is 23.4 Å². The smallest absolute Gasteiger partial charge is 0.308 e. The number of benzene rings is 1. The highest BCUT2D eigenvalue weighted by atomic mass is 32.2. The molecule has 0 spiro atoms. The number of fused-ring (bicyclic) bond motifs is 1. The summed E-state index contributed by atoms with van der Waals surface area (Å²) >= 11 is 1.52. The number of aliphatic carboxylic acids is 1. The number of hydrogen-bond acceptors (Lipinski definition) is 7. The maximum atomic E-state index is 15.3. The number of piperidine rings is 1. The van der Waals surface area contributed by atoms with Gasteiger partial charge in [0.1, 0.15) is 18.2 Å². The van der Waals surface area contributed by atoms with E-state index < -0.39 is 18.1 Å². The third-order valence-corrected chi connectivity index (χ3v) is 7.15. The second kappa shape index (κ2) is 11.0. The first-order valence-corrected chi connectivity index (χ1v) is 12.1. The first-order valence-electron chi connectivity index (χ1n) is 11.1. The molecule has 7 nitrogen and oxygen atoms in total. The van der Waals surface area contributed by atoms with E-state index in [9.17, 15) is 9.90 Å². The first-order chi connectivity index (χ1) is 16.0. The number of rotatable bonds is 10. The second-order valence-electron chi connectivity index (χ2n) is 8.27. The average molecular weight is 474 g/mol. The van der Waals surface area contributed by atoms with Crippen molar-refractivity contribution in [3.05, 3.63) is 48.5 Å². The van der Waals surface area contributed by atoms with E-state index in [-0.39, 0.29) is 12.3 Å². The number of halogens is 1. The maximum absolute atomic E-state index is 15.3. The molecule has 1 aliphatic heterocycles. The first kappa shape index (κ1) is 23.5. The van der Waals surface area contributed by atoms with Gasteiger partial charge in [-0.3, -0.25) is 9.78 Å². The number of likely N-dealkylation sites (tertiary alicyclic amines) is 1. The lowest BCUT2D eigenvalue weighted by molar-refractivity contribution is -0.146. The fourth-order valence-electron chi connectivity index (χ4n) is 4.50. The van der Waals surface area contributed by atoms with Crippen LogP contribution in [0.3, 0.4) is 0 Å². The monoisotopic (exact) mass is 473 g/mol. The Bertz CT molecular complexity index is 1070. The van der Waals surface area contributed by atoms with Crippen molar-refractivity contribution in [2.75, 3.05) is 32.5 Å². The molecule has 1 N–H and O–H groups in total. The van der Waals surface area contributed by atoms with Gasteiger partial charge in [0.2, 0.25) is 0 Å². The van der Waals surface area contributed by atoms with Gasteiger partial charge in [-0.15, -0.1) is 0 Å². The molecule has 0 aliphatic carbocycles. The number of carboxylic acids is 1. The molecule has 9 heteroatoms. The van der Waals surface area contributed by atoms with Crippen LogP contribution in [0, 0.1) is 11.8 Å². The van der Waals surface area contributed by atoms with E-state index in [1.165, 1.54) is 18.0 Å². The van der Waals surface area contributed by atoms with Crippen LogP contribution in [-0.4, -0.2) is 58.4 Å². The normalized spacial score (nSPS) is 20.1. The molecule has 1 fully saturated rings. The molecule has 3 heterocycles. The van der Waals surface area contributed by atoms with Crippen LogP contribution in [0.2, 0.25) is 0 Å². The zero-order valence-electron chi connectivity index (χ0n) is 18.5. The minimum Gasteiger partial charge on any atom is -0.497 e. The van der Waals surface area contributed by atoms with Gasteiger partial charge in [0.25, 0.3) is 5.22 Å². The number of ether oxygens (including phenoxy) is 1. The molecule has 1 aromatic carbocycles. The summed E-state index contributed by atoms with van der Waals surface area (Å²) in [5.74, 6) is 0.0941. The summed E-state index contributed by atoms with van der Waals surface area (Å²) in [7, 11) is 1.58. The van der Waals surface area contributed by atoms with Gasteiger partial charge in [0, 0.05) is 30.4 Å². The van der Waals surface area contributed by atoms with E-state index in [4.69, 9.17) is 9.15 Å². The van der Waals surface area contributed by atoms with Gasteiger partial charge >= 0.3 is 5.97 Å². The van der Waals surface area contributed by atoms with Crippen molar-refractivity contribution in [2.45, 2.75) is 30.7 Å². The van der Waals surface area contributed by atoms with Gasteiger partial charge in [0.15, 0.2) is 0 Å². The number of pyridine rings is 1. The number of carbonyl (C=O) groups is 1. The van der Waals surface area contributed by atoms with E-state index in [0.717, 1.165) is 36.2 Å². The van der Waals surface area contributed by atoms with Crippen molar-refractivity contribution in [1.29, 1.82) is 0 Å². The molecule has 3 aromatic rings. The Morgan fingerprint density at radius 1 is 1.36 bits per heavy atom. The van der Waals surface area contributed by atoms with Crippen LogP contribution in [0.1, 0.15) is 31.0 Å². The van der Waals surface area contributed by atoms with Gasteiger partial charge in [-0.25, -0.2) is 9.37 Å². The Hall–Kier alpha value is -2.65. The lowest BCUT2D eigenvalue weighted by atomic mass is 9.81. The van der Waals surface area contributed by atoms with Crippen LogP contribution >= 0.6 is 11.8 Å². The van der Waals surface area contributed by atoms with E-state index in [0.29, 0.717) is 29.5 Å². The van der Waals surface area contributed by atoms with Gasteiger partial charge in [-0.2, -0.15) is 0 Å². The zero-order chi connectivity index (χ0) is 23.2. The van der Waals surface area contributed by atoms with Gasteiger partial charge < -0.3 is 19.2 Å². The van der Waals surface area contributed by atoms with Crippen molar-refractivity contribution in [1.82, 2.24) is 14.9 Å². The van der Waals surface area contributed by atoms with Gasteiger partial charge in [-0.1, -0.05) is 11.8 Å². The number of aromatic nitrogens is 2. The topological polar surface area (TPSA) is 88.7 Å². The fourth-order valence-corrected chi connectivity index (χ4v) is 5.29. The highest BCUT2D eigenvalue weighted by molar-refractivity contribution is 7.99. The van der Waals surface area contributed by atoms with Crippen LogP contribution in [0.4, 0.5) is 4.39 Å². The Labute approximate surface area is 196 Å². The third-order valence-electron chi connectivity index (χ3n) is 6.31. The predicted octanol–water partition coefficient (Wildman–Crippen LogP) is 4.84. The predicted molar refractivity (Wildman–Crippen MR) is 124 cm³/mol. The molecular weight excluding hydrogens is 445 g/mol. The number of alkyl halides is 1. The molecule has 2 aromatic heterocycles. The Kier molecular flexibility index (Phi) is 7.82. The molecule has 3 atom stereocenters. The van der Waals surface area contributed by atoms with Crippen LogP contribution < -0.4 is 4.74 Å². The van der Waals surface area contributed by atoms with Gasteiger partial charge in [0.05, 0.1) is 24.7 Å². The second-order valence-corrected chi connectivity index (χ2v) is 9.31. The van der Waals surface area contributed by atoms with Crippen molar-refractivity contribution >= 4 is 28.6 Å². The summed E-state index contributed by atoms with van der Waals surface area (Å²) in [5, 5.41) is 11.2. The molecule has 4 rings (SSSR count). The lowest BCUT2D eigenvalue weighted by Crippen LogP contribution is -2.44. The van der Waals surface area contributed by atoms with E-state index in [2.05, 4.69) is 14.9 Å². The molecule has 176 valence electrons. The van der Waals surface area contributed by atoms with E-state index >= 15 is 4.39 Å². The van der Waals surface area contributed by atoms with E-state index in [1.54, 1.807) is 37.7 Å². The molecule has 0 saturated carbocycles. The summed E-state index contributed by atoms with van der Waals surface area (Å²) in [4.78, 5) is 22.5. The van der Waals surface area contributed by atoms with Crippen molar-refractivity contribution in [3.8, 4) is 5.75 Å². The Balaban J connectivity index is 1.34. The number of methoxy groups -OCH3 is 1. The molecule has 33 heavy (non-hydrogen) atoms. The third kappa shape index (κ3) is 5.83. The lowest BCUT2D eigenvalue weighted by Gasteiger charge is -2.36. The standard InChI is InChI=1S/C24H28FN3O4S/c1-31-17-3-5-22-19(14-17)18(6-8-26-22)21(25)4-2-16-7-10-28(15-20(16)23(29)30)11-13-33-24-27-9-12-32-24/h3,5-6,8-9,12,14,16,20-21H,2,4,7,10-11,13,15H2,1H3,(H,29,30)/t16-,20+,21?/m1/s1. The molecule has 1 aliphatic rings. The summed E-state index contributed by atoms with van der Waals surface area (Å²) < 4.78 is 25.8. The zero-order valence-corrected chi connectivity index (χ0v) is 19.3. The van der Waals surface area contributed by atoms with Crippen LogP contribution in [-0.2, 0) is 4.79 Å². The largest absolute Gasteiger partial charge is 0.497 e. The molecule has 0 amide bonds. The number of carboxylic acid groups (broad SMARTS) is 1. The van der Waals surface area contributed by atoms with E-state index in [1.807, 2.05) is 6.07 Å². The number of oxazole rings is 1. The SMILES string of the molecule is COc1ccc2nccc(C(F)CC[C@@H]3CCN(CCSc4ncco4)C[C@@H]3C(=O)O)c2c1. The maximum Gasteiger partial charge on any atom is 0.308 e. The Morgan fingerprint density at radius 3 is 3.00 bits per heavy atom. The van der Waals surface area contributed by atoms with Crippen molar-refractivity contribution in [2.24, 2.45) is 11.8 Å². The highest BCUT2D eigenvalue weighted by Crippen LogP contribution is 2.35. The minimum atomic E-state index is -1.19. The number of nitrogens with zero attached hydrogens (tertiary/aromatic N) is 3. The molecule has 1 unspecified atom stereocenters. The summed E-state index contributed by atoms with van der Waals surface area (Å²) in [6, 6.07) is 7.14. The molecular formula is C24H28FN3O4S. The number of hydrogen-bond donors (Lipinski definition) is 1. The van der Waals surface area contributed by atoms with Crippen molar-refractivity contribution in [3.63, 3.8) is 0 Å². The fraction of sp³-hybridized carbons (Fsp3) is 0.458. The van der Waals surface area contributed by atoms with Gasteiger partial charge in [-0.05, 0) is 61.6 Å². The summed E-state index contributed by atoms with van der Waals surface area (Å²) in [5.41, 5.74) is 1.29. The quantitative estimate of drug-likeness (QED) is 0.419. The average Bonchev–Trinajstić information content (AvgIpc) is 3.35. The highest BCUT2D eigenvalue weighted by Gasteiger charge is 2.34. The van der Waals surface area contributed by atoms with Crippen LogP contribution in [0.5, 0.6) is 5.75 Å². The summed E-state index contributed by atoms with van der Waals surface area (Å²) in [6.45, 7) is 2.06. The molecule has 0 bridgehead atoms. The number of thioether (sulfide) groups is 1. The Morgan fingerprint density at radius 2 is 2.24 bits per heavy atom.